The third-order valence-electron chi connectivity index (χ3n) is 15.0. The van der Waals surface area contributed by atoms with Crippen molar-refractivity contribution in [3.8, 4) is 0 Å². The maximum absolute atomic E-state index is 14.3. The topological polar surface area (TPSA) is 89.8 Å². The van der Waals surface area contributed by atoms with E-state index in [0.717, 1.165) is 75.3 Å². The molecule has 0 saturated heterocycles. The summed E-state index contributed by atoms with van der Waals surface area (Å²) < 4.78 is 0. The van der Waals surface area contributed by atoms with Crippen LogP contribution in [0.5, 0.6) is 0 Å². The van der Waals surface area contributed by atoms with Crippen LogP contribution in [0, 0.1) is 56.7 Å². The van der Waals surface area contributed by atoms with E-state index >= 15 is 0 Å². The second kappa shape index (κ2) is 10.4. The highest BCUT2D eigenvalue weighted by Crippen LogP contribution is 2.77. The monoisotopic (exact) mass is 577 g/mol. The van der Waals surface area contributed by atoms with Crippen LogP contribution in [0.25, 0.3) is 0 Å². The lowest BCUT2D eigenvalue weighted by Gasteiger charge is -2.73. The van der Waals surface area contributed by atoms with Gasteiger partial charge in [-0.3, -0.25) is 4.79 Å². The predicted molar refractivity (Wildman–Crippen MR) is 166 cm³/mol. The Morgan fingerprint density at radius 2 is 1.62 bits per heavy atom. The zero-order valence-electron chi connectivity index (χ0n) is 26.5. The maximum Gasteiger partial charge on any atom is 0.226 e. The third-order valence-corrected chi connectivity index (χ3v) is 15.0. The van der Waals surface area contributed by atoms with Crippen molar-refractivity contribution in [2.45, 2.75) is 105 Å². The highest BCUT2D eigenvalue weighted by atomic mass is 16.3. The zero-order valence-corrected chi connectivity index (χ0v) is 26.5. The van der Waals surface area contributed by atoms with E-state index in [0.29, 0.717) is 24.3 Å². The number of aliphatic hydroxyl groups excluding tert-OH is 3. The van der Waals surface area contributed by atoms with Gasteiger partial charge in [-0.25, -0.2) is 0 Å². The number of benzene rings is 1. The van der Waals surface area contributed by atoms with Crippen LogP contribution >= 0.6 is 0 Å². The molecule has 0 bridgehead atoms. The van der Waals surface area contributed by atoms with Gasteiger partial charge >= 0.3 is 0 Å². The fraction of sp³-hybridized carbons (Fsp3) is 0.757. The van der Waals surface area contributed by atoms with Gasteiger partial charge in [0.1, 0.15) is 0 Å². The minimum absolute atomic E-state index is 0.00592. The highest BCUT2D eigenvalue weighted by molar-refractivity contribution is 5.84. The normalized spacial score (nSPS) is 47.9. The van der Waals surface area contributed by atoms with Gasteiger partial charge in [0.2, 0.25) is 5.91 Å². The average Bonchev–Trinajstić information content (AvgIpc) is 3.39. The molecule has 0 aromatic heterocycles. The van der Waals surface area contributed by atoms with Crippen molar-refractivity contribution >= 4 is 5.91 Å². The molecule has 11 atom stereocenters. The van der Waals surface area contributed by atoms with Gasteiger partial charge < -0.3 is 20.6 Å². The van der Waals surface area contributed by atoms with E-state index in [9.17, 15) is 20.1 Å². The number of fused-ring (bicyclic) bond motifs is 7. The molecule has 5 fully saturated rings. The molecular weight excluding hydrogens is 522 g/mol. The van der Waals surface area contributed by atoms with Gasteiger partial charge in [-0.1, -0.05) is 64.6 Å². The number of carbonyl (C=O) groups is 1. The molecule has 5 heteroatoms. The Kier molecular flexibility index (Phi) is 7.55. The minimum atomic E-state index is -0.444. The van der Waals surface area contributed by atoms with Gasteiger partial charge in [-0.05, 0) is 121 Å². The Hall–Kier alpha value is -1.69. The molecule has 0 aliphatic heterocycles. The summed E-state index contributed by atoms with van der Waals surface area (Å²) in [5.41, 5.74) is 1.48. The molecule has 0 heterocycles. The molecule has 232 valence electrons. The summed E-state index contributed by atoms with van der Waals surface area (Å²) in [6.07, 6.45) is 9.50. The smallest absolute Gasteiger partial charge is 0.226 e. The first-order valence-corrected chi connectivity index (χ1v) is 16.8. The number of hydrogen-bond donors (Lipinski definition) is 4. The molecule has 5 saturated carbocycles. The van der Waals surface area contributed by atoms with Crippen LogP contribution in [0.15, 0.2) is 42.5 Å². The second-order valence-electron chi connectivity index (χ2n) is 16.2. The van der Waals surface area contributed by atoms with Crippen molar-refractivity contribution in [2.75, 3.05) is 13.2 Å². The molecule has 1 aromatic rings. The van der Waals surface area contributed by atoms with Gasteiger partial charge in [0.15, 0.2) is 0 Å². The lowest BCUT2D eigenvalue weighted by molar-refractivity contribution is -0.253. The Morgan fingerprint density at radius 1 is 0.881 bits per heavy atom. The van der Waals surface area contributed by atoms with E-state index in [-0.39, 0.29) is 47.2 Å². The van der Waals surface area contributed by atoms with Crippen LogP contribution in [0.4, 0.5) is 0 Å². The molecule has 1 unspecified atom stereocenters. The summed E-state index contributed by atoms with van der Waals surface area (Å²) >= 11 is 0. The van der Waals surface area contributed by atoms with Crippen molar-refractivity contribution < 1.29 is 20.1 Å². The first kappa shape index (κ1) is 30.3. The van der Waals surface area contributed by atoms with Crippen LogP contribution < -0.4 is 5.32 Å². The number of carbonyl (C=O) groups excluding carboxylic acids is 1. The van der Waals surface area contributed by atoms with E-state index < -0.39 is 16.9 Å². The second-order valence-corrected chi connectivity index (χ2v) is 16.2. The average molecular weight is 578 g/mol. The lowest BCUT2D eigenvalue weighted by Crippen LogP contribution is -2.68. The SMILES string of the molecule is C=C(CO)[C@@H]1CC[C@]2(C(=O)NCc3ccccc3)CC[C@]3(C)C(CC[C@@H]4[C@@]5(C)CC[C@H](O)[C@@](C)(CO)[C@@H]5CC[C@]43C)[C@@H]12. The van der Waals surface area contributed by atoms with Gasteiger partial charge in [-0.2, -0.15) is 0 Å². The van der Waals surface area contributed by atoms with Crippen LogP contribution in [-0.4, -0.2) is 40.5 Å². The Labute approximate surface area is 253 Å². The first-order chi connectivity index (χ1) is 19.9. The highest BCUT2D eigenvalue weighted by Gasteiger charge is 2.72. The van der Waals surface area contributed by atoms with Gasteiger partial charge in [-0.15, -0.1) is 0 Å². The van der Waals surface area contributed by atoms with Gasteiger partial charge in [0.25, 0.3) is 0 Å². The molecular formula is C37H55NO4. The van der Waals surface area contributed by atoms with Crippen molar-refractivity contribution in [1.82, 2.24) is 5.32 Å². The van der Waals surface area contributed by atoms with Crippen molar-refractivity contribution in [2.24, 2.45) is 56.7 Å². The molecule has 6 rings (SSSR count). The Morgan fingerprint density at radius 3 is 2.31 bits per heavy atom. The molecule has 1 aromatic carbocycles. The molecule has 42 heavy (non-hydrogen) atoms. The lowest BCUT2D eigenvalue weighted by atomic mass is 9.32. The van der Waals surface area contributed by atoms with Crippen molar-refractivity contribution in [3.63, 3.8) is 0 Å². The summed E-state index contributed by atoms with van der Waals surface area (Å²) in [6.45, 7) is 14.7. The summed E-state index contributed by atoms with van der Waals surface area (Å²) in [5.74, 6) is 1.84. The standard InChI is InChI=1S/C37H55NO4/c1-24(22-39)26-13-18-37(32(42)38-21-25-9-7-6-8-10-25)20-19-35(4)27(31(26)37)11-12-29-33(2)16-15-30(41)34(3,23-40)28(33)14-17-36(29,35)5/h6-10,26-31,39-41H,1,11-23H2,2-5H3,(H,38,42)/t26-,27?,28+,29+,30-,31+,33-,34-,35+,36+,37-/m0/s1. The van der Waals surface area contributed by atoms with E-state index in [4.69, 9.17) is 0 Å². The fourth-order valence-electron chi connectivity index (χ4n) is 12.5. The number of rotatable bonds is 6. The molecule has 0 spiro atoms. The predicted octanol–water partition coefficient (Wildman–Crippen LogP) is 6.27. The number of hydrogen-bond acceptors (Lipinski definition) is 4. The Bertz CT molecular complexity index is 1200. The quantitative estimate of drug-likeness (QED) is 0.300. The van der Waals surface area contributed by atoms with Crippen LogP contribution in [0.3, 0.4) is 0 Å². The minimum Gasteiger partial charge on any atom is -0.396 e. The van der Waals surface area contributed by atoms with E-state index in [1.165, 1.54) is 0 Å². The van der Waals surface area contributed by atoms with E-state index in [2.05, 4.69) is 51.7 Å². The van der Waals surface area contributed by atoms with Crippen LogP contribution in [-0.2, 0) is 11.3 Å². The zero-order chi connectivity index (χ0) is 30.1. The summed E-state index contributed by atoms with van der Waals surface area (Å²) in [4.78, 5) is 14.3. The summed E-state index contributed by atoms with van der Waals surface area (Å²) in [7, 11) is 0. The molecule has 5 aliphatic rings. The molecule has 0 radical (unpaired) electrons. The van der Waals surface area contributed by atoms with Crippen LogP contribution in [0.1, 0.15) is 97.5 Å². The molecule has 5 aliphatic carbocycles. The van der Waals surface area contributed by atoms with Gasteiger partial charge in [0.05, 0.1) is 24.7 Å². The number of aliphatic hydroxyl groups is 3. The third kappa shape index (κ3) is 4.01. The summed E-state index contributed by atoms with van der Waals surface area (Å²) in [6, 6.07) is 10.2. The molecule has 1 amide bonds. The largest absolute Gasteiger partial charge is 0.396 e. The molecule has 4 N–H and O–H groups in total. The first-order valence-electron chi connectivity index (χ1n) is 16.8. The van der Waals surface area contributed by atoms with Crippen LogP contribution in [0.2, 0.25) is 0 Å². The van der Waals surface area contributed by atoms with E-state index in [1.54, 1.807) is 0 Å². The molecule has 5 nitrogen and oxygen atoms in total. The maximum atomic E-state index is 14.3. The van der Waals surface area contributed by atoms with Gasteiger partial charge in [0, 0.05) is 12.0 Å². The number of amides is 1. The number of nitrogens with one attached hydrogen (secondary N) is 1. The van der Waals surface area contributed by atoms with E-state index in [1.807, 2.05) is 18.2 Å². The van der Waals surface area contributed by atoms with Crippen molar-refractivity contribution in [1.29, 1.82) is 0 Å². The summed E-state index contributed by atoms with van der Waals surface area (Å²) in [5, 5.41) is 35.2. The van der Waals surface area contributed by atoms with Crippen molar-refractivity contribution in [3.05, 3.63) is 48.0 Å². The fourth-order valence-corrected chi connectivity index (χ4v) is 12.5. The Balaban J connectivity index is 1.35.